The molecule has 0 aliphatic carbocycles. The molecule has 10 nitrogen and oxygen atoms in total. The van der Waals surface area contributed by atoms with E-state index in [0.29, 0.717) is 29.5 Å². The Balaban J connectivity index is 0.000000187. The van der Waals surface area contributed by atoms with Gasteiger partial charge in [-0.15, -0.1) is 31.7 Å². The van der Waals surface area contributed by atoms with Crippen molar-refractivity contribution in [2.45, 2.75) is 61.4 Å². The van der Waals surface area contributed by atoms with Crippen LogP contribution in [0.2, 0.25) is 0 Å². The zero-order valence-electron chi connectivity index (χ0n) is 17.5. The van der Waals surface area contributed by atoms with Gasteiger partial charge >= 0.3 is 0 Å². The summed E-state index contributed by atoms with van der Waals surface area (Å²) in [6.45, 7) is 15.7. The highest BCUT2D eigenvalue weighted by Crippen LogP contribution is 2.04. The fourth-order valence-corrected chi connectivity index (χ4v) is 2.41. The van der Waals surface area contributed by atoms with Crippen LogP contribution in [0.25, 0.3) is 0 Å². The first-order valence-corrected chi connectivity index (χ1v) is 9.45. The van der Waals surface area contributed by atoms with E-state index in [1.165, 1.54) is 0 Å². The minimum atomic E-state index is 0.389. The van der Waals surface area contributed by atoms with Crippen molar-refractivity contribution in [2.75, 3.05) is 6.61 Å². The van der Waals surface area contributed by atoms with Crippen molar-refractivity contribution in [1.82, 2.24) is 30.5 Å². The van der Waals surface area contributed by atoms with Gasteiger partial charge in [-0.2, -0.15) is 4.98 Å². The van der Waals surface area contributed by atoms with Crippen molar-refractivity contribution >= 4 is 17.2 Å². The predicted molar refractivity (Wildman–Crippen MR) is 105 cm³/mol. The molecular formula is C17H27N7O3S. The van der Waals surface area contributed by atoms with Crippen LogP contribution in [0.3, 0.4) is 0 Å². The molecule has 0 N–H and O–H groups in total. The molecule has 0 saturated heterocycles. The Morgan fingerprint density at radius 1 is 0.821 bits per heavy atom. The molecule has 1 atom stereocenters. The number of aliphatic imine (C=N–C) groups is 1. The fraction of sp³-hybridized carbons (Fsp3) is 0.588. The number of hydrogen-bond acceptors (Lipinski definition) is 11. The minimum Gasteiger partial charge on any atom is -0.479 e. The van der Waals surface area contributed by atoms with Gasteiger partial charge in [-0.05, 0) is 27.7 Å². The van der Waals surface area contributed by atoms with E-state index in [9.17, 15) is 0 Å². The van der Waals surface area contributed by atoms with E-state index in [0.717, 1.165) is 22.5 Å². The lowest BCUT2D eigenvalue weighted by molar-refractivity contribution is 0.321. The van der Waals surface area contributed by atoms with Crippen LogP contribution in [0.5, 0.6) is 0 Å². The summed E-state index contributed by atoms with van der Waals surface area (Å²) in [7, 11) is 0. The highest BCUT2D eigenvalue weighted by atomic mass is 32.1. The van der Waals surface area contributed by atoms with Crippen LogP contribution >= 0.6 is 11.3 Å². The quantitative estimate of drug-likeness (QED) is 0.549. The second-order valence-corrected chi connectivity index (χ2v) is 7.23. The first kappa shape index (κ1) is 23.3. The van der Waals surface area contributed by atoms with E-state index < -0.39 is 0 Å². The van der Waals surface area contributed by atoms with E-state index in [-0.39, 0.29) is 0 Å². The summed E-state index contributed by atoms with van der Waals surface area (Å²) in [6.07, 6.45) is 0. The lowest BCUT2D eigenvalue weighted by atomic mass is 10.4. The van der Waals surface area contributed by atoms with Crippen LogP contribution in [-0.4, -0.2) is 49.1 Å². The summed E-state index contributed by atoms with van der Waals surface area (Å²) < 4.78 is 14.5. The first-order chi connectivity index (χ1) is 13.2. The molecule has 0 bridgehead atoms. The van der Waals surface area contributed by atoms with Gasteiger partial charge in [-0.25, -0.2) is 4.99 Å². The zero-order valence-corrected chi connectivity index (χ0v) is 18.4. The van der Waals surface area contributed by atoms with Crippen LogP contribution in [-0.2, 0) is 4.74 Å². The molecule has 0 saturated carbocycles. The van der Waals surface area contributed by atoms with Crippen LogP contribution in [0, 0.1) is 41.5 Å². The number of hydrogen-bond donors (Lipinski definition) is 0. The van der Waals surface area contributed by atoms with Gasteiger partial charge in [0.05, 0.1) is 6.04 Å². The second kappa shape index (κ2) is 11.9. The standard InChI is InChI=1S/C5H9NO.2C4H6N2O.C4H6N2S/c1-4-3-7-5(2)6-4;1-3-5-6-4(2)7-3;1-3-5-4(2)7-6-3;1-3-5-6-4(2)7-3/h4H,3H2,1-2H3;3*1-2H3. The number of rotatable bonds is 0. The topological polar surface area (TPSA) is 125 Å². The van der Waals surface area contributed by atoms with E-state index in [1.807, 2.05) is 27.7 Å². The van der Waals surface area contributed by atoms with E-state index in [1.54, 1.807) is 39.0 Å². The molecule has 1 unspecified atom stereocenters. The molecule has 1 aliphatic heterocycles. The van der Waals surface area contributed by atoms with Gasteiger partial charge in [0.15, 0.2) is 11.7 Å². The minimum absolute atomic E-state index is 0.389. The van der Waals surface area contributed by atoms with Gasteiger partial charge in [0.2, 0.25) is 17.7 Å². The molecule has 1 aliphatic rings. The lowest BCUT2D eigenvalue weighted by Gasteiger charge is -1.90. The summed E-state index contributed by atoms with van der Waals surface area (Å²) in [5.41, 5.74) is 0. The Hall–Kier alpha value is -2.69. The maximum Gasteiger partial charge on any atom is 0.223 e. The van der Waals surface area contributed by atoms with Gasteiger partial charge in [0.1, 0.15) is 16.6 Å². The van der Waals surface area contributed by atoms with Crippen molar-refractivity contribution in [3.8, 4) is 0 Å². The third-order valence-corrected chi connectivity index (χ3v) is 3.57. The monoisotopic (exact) mass is 409 g/mol. The first-order valence-electron chi connectivity index (χ1n) is 8.63. The Morgan fingerprint density at radius 3 is 1.54 bits per heavy atom. The summed E-state index contributed by atoms with van der Waals surface area (Å²) in [6, 6.07) is 0.389. The Bertz CT molecular complexity index is 716. The molecule has 3 aromatic rings. The maximum absolute atomic E-state index is 5.02. The normalized spacial score (nSPS) is 14.4. The van der Waals surface area contributed by atoms with Gasteiger partial charge in [0, 0.05) is 27.7 Å². The molecule has 0 amide bonds. The highest BCUT2D eigenvalue weighted by Gasteiger charge is 2.07. The van der Waals surface area contributed by atoms with Gasteiger partial charge < -0.3 is 13.7 Å². The average Bonchev–Trinajstić information content (AvgIpc) is 3.37. The van der Waals surface area contributed by atoms with E-state index in [2.05, 4.69) is 40.1 Å². The third kappa shape index (κ3) is 10.5. The zero-order chi connectivity index (χ0) is 21.1. The Morgan fingerprint density at radius 2 is 1.39 bits per heavy atom. The largest absolute Gasteiger partial charge is 0.479 e. The Labute approximate surface area is 168 Å². The number of aromatic nitrogens is 6. The molecule has 4 heterocycles. The van der Waals surface area contributed by atoms with Crippen molar-refractivity contribution in [3.63, 3.8) is 0 Å². The molecule has 28 heavy (non-hydrogen) atoms. The Kier molecular flexibility index (Phi) is 9.93. The maximum atomic E-state index is 5.02. The van der Waals surface area contributed by atoms with Gasteiger partial charge in [-0.1, -0.05) is 5.16 Å². The predicted octanol–water partition coefficient (Wildman–Crippen LogP) is 3.35. The lowest BCUT2D eigenvalue weighted by Crippen LogP contribution is -1.97. The number of nitrogens with zero attached hydrogens (tertiary/aromatic N) is 7. The smallest absolute Gasteiger partial charge is 0.223 e. The summed E-state index contributed by atoms with van der Waals surface area (Å²) in [4.78, 5) is 7.92. The second-order valence-electron chi connectivity index (χ2n) is 5.85. The fourth-order valence-electron chi connectivity index (χ4n) is 1.82. The van der Waals surface area contributed by atoms with Crippen LogP contribution < -0.4 is 0 Å². The highest BCUT2D eigenvalue weighted by molar-refractivity contribution is 7.11. The average molecular weight is 410 g/mol. The van der Waals surface area contributed by atoms with Crippen molar-refractivity contribution < 1.29 is 13.7 Å². The molecule has 0 radical (unpaired) electrons. The van der Waals surface area contributed by atoms with Crippen molar-refractivity contribution in [1.29, 1.82) is 0 Å². The van der Waals surface area contributed by atoms with E-state index >= 15 is 0 Å². The molecular weight excluding hydrogens is 382 g/mol. The molecule has 3 aromatic heterocycles. The molecule has 154 valence electrons. The summed E-state index contributed by atoms with van der Waals surface area (Å²) >= 11 is 1.62. The molecule has 4 rings (SSSR count). The van der Waals surface area contributed by atoms with Crippen molar-refractivity contribution in [2.24, 2.45) is 4.99 Å². The van der Waals surface area contributed by atoms with Gasteiger partial charge in [-0.3, -0.25) is 0 Å². The van der Waals surface area contributed by atoms with Crippen LogP contribution in [0.15, 0.2) is 13.9 Å². The molecule has 0 aromatic carbocycles. The van der Waals surface area contributed by atoms with E-state index in [4.69, 9.17) is 9.15 Å². The molecule has 0 fully saturated rings. The molecule has 0 spiro atoms. The SMILES string of the molecule is CC1=NC(C)CO1.Cc1nnc(C)o1.Cc1nnc(C)s1.Cc1noc(C)n1. The number of ether oxygens (including phenoxy) is 1. The summed E-state index contributed by atoms with van der Waals surface area (Å²) in [5.74, 6) is 3.39. The van der Waals surface area contributed by atoms with Gasteiger partial charge in [0.25, 0.3) is 0 Å². The third-order valence-electron chi connectivity index (χ3n) is 2.82. The van der Waals surface area contributed by atoms with Crippen molar-refractivity contribution in [3.05, 3.63) is 33.5 Å². The summed E-state index contributed by atoms with van der Waals surface area (Å²) in [5, 5.41) is 20.4. The van der Waals surface area contributed by atoms with Crippen LogP contribution in [0.1, 0.15) is 47.4 Å². The molecule has 11 heteroatoms. The van der Waals surface area contributed by atoms with Crippen LogP contribution in [0.4, 0.5) is 0 Å². The number of aryl methyl sites for hydroxylation is 6.